The maximum atomic E-state index is 8.90. The van der Waals surface area contributed by atoms with Crippen LogP contribution in [-0.4, -0.2) is 11.1 Å². The summed E-state index contributed by atoms with van der Waals surface area (Å²) >= 11 is 0. The first-order valence-corrected chi connectivity index (χ1v) is 12.4. The Kier molecular flexibility index (Phi) is 4.13. The van der Waals surface area contributed by atoms with E-state index in [0.29, 0.717) is 5.92 Å². The highest BCUT2D eigenvalue weighted by atomic mass is 15.5. The lowest BCUT2D eigenvalue weighted by molar-refractivity contribution is 0.0858. The minimum absolute atomic E-state index is 0.335. The fourth-order valence-corrected chi connectivity index (χ4v) is 6.86. The highest BCUT2D eigenvalue weighted by Gasteiger charge is 2.58. The van der Waals surface area contributed by atoms with Gasteiger partial charge in [0.15, 0.2) is 0 Å². The van der Waals surface area contributed by atoms with Gasteiger partial charge in [-0.1, -0.05) is 92.1 Å². The van der Waals surface area contributed by atoms with Crippen LogP contribution in [0.15, 0.2) is 84.6 Å². The summed E-state index contributed by atoms with van der Waals surface area (Å²) in [6.45, 7) is 1.97. The van der Waals surface area contributed by atoms with Crippen molar-refractivity contribution in [1.82, 2.24) is 4.90 Å². The first-order chi connectivity index (χ1) is 17.4. The summed E-state index contributed by atoms with van der Waals surface area (Å²) in [5.41, 5.74) is 7.27. The van der Waals surface area contributed by atoms with Gasteiger partial charge in [-0.25, -0.2) is 0 Å². The molecule has 168 valence electrons. The van der Waals surface area contributed by atoms with Gasteiger partial charge in [0.1, 0.15) is 6.17 Å². The van der Waals surface area contributed by atoms with E-state index >= 15 is 0 Å². The van der Waals surface area contributed by atoms with Crippen LogP contribution in [0.4, 0.5) is 5.69 Å². The second-order valence-corrected chi connectivity index (χ2v) is 9.85. The van der Waals surface area contributed by atoms with E-state index in [9.17, 15) is 0 Å². The van der Waals surface area contributed by atoms with Crippen LogP contribution >= 0.6 is 0 Å². The quantitative estimate of drug-likeness (QED) is 0.414. The molecule has 2 heteroatoms. The predicted molar refractivity (Wildman–Crippen MR) is 138 cm³/mol. The highest BCUT2D eigenvalue weighted by molar-refractivity contribution is 5.84. The molecule has 2 atom stereocenters. The van der Waals surface area contributed by atoms with E-state index in [1.165, 1.54) is 36.0 Å². The zero-order valence-corrected chi connectivity index (χ0v) is 19.6. The van der Waals surface area contributed by atoms with E-state index in [-0.39, 0.29) is 0 Å². The molecule has 3 aromatic rings. The SMILES string of the molecule is [2H]C([2H])([2H])C1N(c2ccccc2C)C(C)=C2c3ccccc3C(c3ccccc3)(C3CCCCC3)N21. The average molecular weight is 438 g/mol. The Bertz CT molecular complexity index is 1310. The summed E-state index contributed by atoms with van der Waals surface area (Å²) in [5.74, 6) is 0.335. The molecule has 0 saturated heterocycles. The van der Waals surface area contributed by atoms with Crippen molar-refractivity contribution < 1.29 is 4.11 Å². The molecule has 0 bridgehead atoms. The standard InChI is InChI=1S/C31H34N2/c1-22-14-10-13-21-29(22)32-23(2)30-27-19-11-12-20-28(27)31(33(30)24(32)3,25-15-6-4-7-16-25)26-17-8-5-9-18-26/h4,6-7,10-16,19-21,24,26H,5,8-9,17-18H2,1-3H3/i3D3. The highest BCUT2D eigenvalue weighted by Crippen LogP contribution is 2.61. The Hall–Kier alpha value is -3.00. The summed E-state index contributed by atoms with van der Waals surface area (Å²) < 4.78 is 26.7. The number of hydrogen-bond acceptors (Lipinski definition) is 2. The van der Waals surface area contributed by atoms with Gasteiger partial charge in [0.2, 0.25) is 0 Å². The van der Waals surface area contributed by atoms with Gasteiger partial charge in [-0.2, -0.15) is 0 Å². The fraction of sp³-hybridized carbons (Fsp3) is 0.355. The number of rotatable bonds is 3. The molecule has 0 spiro atoms. The lowest BCUT2D eigenvalue weighted by atomic mass is 9.67. The van der Waals surface area contributed by atoms with Crippen molar-refractivity contribution in [2.24, 2.45) is 5.92 Å². The van der Waals surface area contributed by atoms with E-state index in [1.54, 1.807) is 0 Å². The smallest absolute Gasteiger partial charge is 0.104 e. The topological polar surface area (TPSA) is 6.48 Å². The number of nitrogens with zero attached hydrogens (tertiary/aromatic N) is 2. The minimum Gasteiger partial charge on any atom is -0.335 e. The third kappa shape index (κ3) is 2.79. The molecule has 1 aliphatic carbocycles. The average Bonchev–Trinajstić information content (AvgIpc) is 3.36. The van der Waals surface area contributed by atoms with E-state index in [1.807, 2.05) is 12.1 Å². The monoisotopic (exact) mass is 437 g/mol. The van der Waals surface area contributed by atoms with Crippen molar-refractivity contribution in [3.05, 3.63) is 107 Å². The summed E-state index contributed by atoms with van der Waals surface area (Å²) in [6, 6.07) is 27.6. The van der Waals surface area contributed by atoms with Gasteiger partial charge in [0.25, 0.3) is 0 Å². The van der Waals surface area contributed by atoms with Crippen LogP contribution in [0.2, 0.25) is 0 Å². The van der Waals surface area contributed by atoms with Crippen LogP contribution in [0.3, 0.4) is 0 Å². The predicted octanol–water partition coefficient (Wildman–Crippen LogP) is 7.69. The molecule has 1 fully saturated rings. The molecule has 3 aromatic carbocycles. The number of hydrogen-bond donors (Lipinski definition) is 0. The number of para-hydroxylation sites is 1. The van der Waals surface area contributed by atoms with Crippen LogP contribution < -0.4 is 4.90 Å². The second-order valence-electron chi connectivity index (χ2n) is 9.85. The first-order valence-electron chi connectivity index (χ1n) is 13.9. The van der Waals surface area contributed by atoms with Crippen molar-refractivity contribution in [2.75, 3.05) is 4.90 Å². The Morgan fingerprint density at radius 1 is 0.818 bits per heavy atom. The van der Waals surface area contributed by atoms with Crippen molar-refractivity contribution in [1.29, 1.82) is 0 Å². The lowest BCUT2D eigenvalue weighted by Gasteiger charge is -2.50. The van der Waals surface area contributed by atoms with E-state index in [0.717, 1.165) is 35.5 Å². The molecule has 33 heavy (non-hydrogen) atoms. The van der Waals surface area contributed by atoms with Gasteiger partial charge < -0.3 is 9.80 Å². The van der Waals surface area contributed by atoms with Gasteiger partial charge >= 0.3 is 0 Å². The summed E-state index contributed by atoms with van der Waals surface area (Å²) in [5, 5.41) is 0. The molecule has 6 rings (SSSR count). The molecule has 0 aromatic heterocycles. The van der Waals surface area contributed by atoms with Crippen molar-refractivity contribution in [3.63, 3.8) is 0 Å². The van der Waals surface area contributed by atoms with Gasteiger partial charge in [-0.05, 0) is 62.2 Å². The normalized spacial score (nSPS) is 26.6. The van der Waals surface area contributed by atoms with Crippen LogP contribution in [0.5, 0.6) is 0 Å². The van der Waals surface area contributed by atoms with Crippen LogP contribution in [0.1, 0.15) is 72.2 Å². The Labute approximate surface area is 202 Å². The maximum absolute atomic E-state index is 8.90. The molecule has 2 nitrogen and oxygen atoms in total. The van der Waals surface area contributed by atoms with E-state index < -0.39 is 18.6 Å². The number of allylic oxidation sites excluding steroid dienone is 1. The third-order valence-electron chi connectivity index (χ3n) is 8.19. The Morgan fingerprint density at radius 2 is 1.52 bits per heavy atom. The van der Waals surface area contributed by atoms with Crippen LogP contribution in [0, 0.1) is 12.8 Å². The molecule has 0 radical (unpaired) electrons. The van der Waals surface area contributed by atoms with Gasteiger partial charge in [0.05, 0.1) is 11.2 Å². The molecule has 0 N–H and O–H groups in total. The number of benzene rings is 3. The minimum atomic E-state index is -2.22. The summed E-state index contributed by atoms with van der Waals surface area (Å²) in [4.78, 5) is 4.44. The first kappa shape index (κ1) is 17.5. The third-order valence-corrected chi connectivity index (χ3v) is 8.19. The van der Waals surface area contributed by atoms with E-state index in [2.05, 4.69) is 90.4 Å². The van der Waals surface area contributed by atoms with Crippen LogP contribution in [0.25, 0.3) is 5.70 Å². The lowest BCUT2D eigenvalue weighted by Crippen LogP contribution is -2.53. The molecule has 3 aliphatic rings. The Balaban J connectivity index is 1.70. The van der Waals surface area contributed by atoms with Gasteiger partial charge in [-0.3, -0.25) is 0 Å². The number of fused-ring (bicyclic) bond motifs is 3. The molecule has 1 saturated carbocycles. The molecular formula is C31H34N2. The van der Waals surface area contributed by atoms with Gasteiger partial charge in [0, 0.05) is 21.1 Å². The van der Waals surface area contributed by atoms with Crippen molar-refractivity contribution in [2.45, 2.75) is 64.5 Å². The van der Waals surface area contributed by atoms with E-state index in [4.69, 9.17) is 4.11 Å². The van der Waals surface area contributed by atoms with Crippen molar-refractivity contribution in [3.8, 4) is 0 Å². The maximum Gasteiger partial charge on any atom is 0.104 e. The number of aryl methyl sites for hydroxylation is 1. The molecule has 2 aliphatic heterocycles. The summed E-state index contributed by atoms with van der Waals surface area (Å²) in [6.07, 6.45) is 5.04. The van der Waals surface area contributed by atoms with Crippen molar-refractivity contribution >= 4 is 11.4 Å². The molecule has 0 amide bonds. The Morgan fingerprint density at radius 3 is 2.27 bits per heavy atom. The fourth-order valence-electron chi connectivity index (χ4n) is 6.86. The molecular weight excluding hydrogens is 400 g/mol. The molecule has 2 unspecified atom stereocenters. The van der Waals surface area contributed by atoms with Crippen LogP contribution in [-0.2, 0) is 5.54 Å². The largest absolute Gasteiger partial charge is 0.335 e. The van der Waals surface area contributed by atoms with Gasteiger partial charge in [-0.15, -0.1) is 0 Å². The molecule has 2 heterocycles. The number of anilines is 1. The second kappa shape index (κ2) is 7.80. The summed E-state index contributed by atoms with van der Waals surface area (Å²) in [7, 11) is 0. The zero-order valence-electron chi connectivity index (χ0n) is 22.6. The zero-order chi connectivity index (χ0) is 25.1.